The summed E-state index contributed by atoms with van der Waals surface area (Å²) in [6, 6.07) is 0.613. The van der Waals surface area contributed by atoms with Crippen LogP contribution in [-0.4, -0.2) is 90.4 Å². The van der Waals surface area contributed by atoms with E-state index in [0.717, 1.165) is 82.8 Å². The lowest BCUT2D eigenvalue weighted by Crippen LogP contribution is -2.57. The summed E-state index contributed by atoms with van der Waals surface area (Å²) in [4.78, 5) is 2.62. The van der Waals surface area contributed by atoms with Gasteiger partial charge in [-0.25, -0.2) is 0 Å². The molecule has 0 radical (unpaired) electrons. The molecule has 2 spiro atoms. The van der Waals surface area contributed by atoms with Crippen LogP contribution in [0.15, 0.2) is 0 Å². The zero-order valence-corrected chi connectivity index (χ0v) is 30.3. The van der Waals surface area contributed by atoms with Crippen molar-refractivity contribution in [1.82, 2.24) is 4.90 Å². The highest BCUT2D eigenvalue weighted by atomic mass is 16.7. The van der Waals surface area contributed by atoms with Crippen molar-refractivity contribution in [3.05, 3.63) is 0 Å². The molecule has 7 nitrogen and oxygen atoms in total. The second kappa shape index (κ2) is 12.2. The van der Waals surface area contributed by atoms with E-state index in [2.05, 4.69) is 25.7 Å². The SMILES string of the molecule is CC.CC12CC[C@@]34CC35CC[C@H](OC3CN(C6CCOCC6)CCO3)C(C)(C)C5CCC4C1CC1OC([C@H](O)C(C)(C)O)CCC12. The van der Waals surface area contributed by atoms with E-state index in [1.807, 2.05) is 13.8 Å². The Morgan fingerprint density at radius 3 is 2.33 bits per heavy atom. The number of aliphatic hydroxyl groups is 2. The molecule has 264 valence electrons. The summed E-state index contributed by atoms with van der Waals surface area (Å²) in [7, 11) is 0. The van der Waals surface area contributed by atoms with E-state index >= 15 is 0 Å². The molecule has 3 aliphatic heterocycles. The van der Waals surface area contributed by atoms with Crippen LogP contribution >= 0.6 is 0 Å². The number of hydrogen-bond acceptors (Lipinski definition) is 7. The van der Waals surface area contributed by atoms with Crippen molar-refractivity contribution in [1.29, 1.82) is 0 Å². The van der Waals surface area contributed by atoms with Crippen LogP contribution in [0.1, 0.15) is 126 Å². The summed E-state index contributed by atoms with van der Waals surface area (Å²) in [6.45, 7) is 19.6. The Morgan fingerprint density at radius 2 is 1.59 bits per heavy atom. The largest absolute Gasteiger partial charge is 0.388 e. The molecule has 9 unspecified atom stereocenters. The zero-order chi connectivity index (χ0) is 32.7. The van der Waals surface area contributed by atoms with Gasteiger partial charge in [-0.05, 0) is 136 Å². The molecule has 3 heterocycles. The lowest BCUT2D eigenvalue weighted by Gasteiger charge is -2.60. The highest BCUT2D eigenvalue weighted by Crippen LogP contribution is 2.87. The summed E-state index contributed by atoms with van der Waals surface area (Å²) in [5.74, 6) is 2.87. The minimum Gasteiger partial charge on any atom is -0.388 e. The third-order valence-corrected chi connectivity index (χ3v) is 15.7. The van der Waals surface area contributed by atoms with Crippen molar-refractivity contribution in [2.24, 2.45) is 45.3 Å². The molecule has 5 aliphatic carbocycles. The quantitative estimate of drug-likeness (QED) is 0.350. The highest BCUT2D eigenvalue weighted by Gasteiger charge is 2.80. The molecule has 7 heteroatoms. The van der Waals surface area contributed by atoms with Crippen LogP contribution in [0.25, 0.3) is 0 Å². The average molecular weight is 646 g/mol. The van der Waals surface area contributed by atoms with Crippen molar-refractivity contribution in [2.45, 2.75) is 168 Å². The van der Waals surface area contributed by atoms with Crippen molar-refractivity contribution in [3.8, 4) is 0 Å². The lowest BCUT2D eigenvalue weighted by molar-refractivity contribution is -0.249. The first-order valence-electron chi connectivity index (χ1n) is 19.5. The predicted molar refractivity (Wildman–Crippen MR) is 179 cm³/mol. The molecule has 0 aromatic rings. The summed E-state index contributed by atoms with van der Waals surface area (Å²) < 4.78 is 25.6. The van der Waals surface area contributed by atoms with E-state index in [9.17, 15) is 10.2 Å². The number of rotatable bonds is 5. The van der Waals surface area contributed by atoms with Gasteiger partial charge in [0.2, 0.25) is 0 Å². The van der Waals surface area contributed by atoms with Crippen molar-refractivity contribution < 1.29 is 29.2 Å². The zero-order valence-electron chi connectivity index (χ0n) is 30.3. The Balaban J connectivity index is 0.00000166. The Hall–Kier alpha value is -0.280. The third kappa shape index (κ3) is 5.21. The van der Waals surface area contributed by atoms with Gasteiger partial charge in [0.25, 0.3) is 0 Å². The van der Waals surface area contributed by atoms with Gasteiger partial charge in [-0.1, -0.05) is 34.6 Å². The fraction of sp³-hybridized carbons (Fsp3) is 1.00. The van der Waals surface area contributed by atoms with Crippen LogP contribution in [0, 0.1) is 45.3 Å². The van der Waals surface area contributed by atoms with E-state index in [4.69, 9.17) is 18.9 Å². The standard InChI is InChI=1S/C37H61NO6.C2H6/c1-33(2)29-9-7-24-26-20-28-25(6-8-27(43-28)32(39)34(3,4)40)35(26,5)14-15-36(24)22-37(29,36)13-10-30(33)44-31-21-38(16-19-42-31)23-11-17-41-18-12-23;1-2/h23-32,39-40H,6-22H2,1-5H3;1-2H3/t24?,25?,26?,27?,28?,29?,30-,31?,32-,35?,36-,37?;/m0./s1. The predicted octanol–water partition coefficient (Wildman–Crippen LogP) is 6.57. The van der Waals surface area contributed by atoms with Gasteiger partial charge in [-0.15, -0.1) is 0 Å². The highest BCUT2D eigenvalue weighted by molar-refractivity contribution is 5.29. The molecule has 3 saturated heterocycles. The van der Waals surface area contributed by atoms with Crippen molar-refractivity contribution in [2.75, 3.05) is 32.9 Å². The second-order valence-electron chi connectivity index (χ2n) is 18.2. The molecule has 0 aromatic carbocycles. The van der Waals surface area contributed by atoms with Crippen molar-refractivity contribution in [3.63, 3.8) is 0 Å². The number of aliphatic hydroxyl groups excluding tert-OH is 1. The smallest absolute Gasteiger partial charge is 0.170 e. The molecule has 5 saturated carbocycles. The normalized spacial score (nSPS) is 49.2. The molecule has 8 fully saturated rings. The molecule has 0 bridgehead atoms. The summed E-state index contributed by atoms with van der Waals surface area (Å²) >= 11 is 0. The molecule has 2 N–H and O–H groups in total. The fourth-order valence-electron chi connectivity index (χ4n) is 13.5. The van der Waals surface area contributed by atoms with E-state index in [0.29, 0.717) is 28.2 Å². The van der Waals surface area contributed by atoms with Crippen LogP contribution in [0.5, 0.6) is 0 Å². The Kier molecular flexibility index (Phi) is 9.06. The maximum absolute atomic E-state index is 10.9. The van der Waals surface area contributed by atoms with Crippen molar-refractivity contribution >= 4 is 0 Å². The van der Waals surface area contributed by atoms with Gasteiger partial charge in [0.05, 0.1) is 30.5 Å². The second-order valence-corrected chi connectivity index (χ2v) is 18.2. The molecule has 46 heavy (non-hydrogen) atoms. The number of ether oxygens (including phenoxy) is 4. The Labute approximate surface area is 279 Å². The molecule has 12 atom stereocenters. The maximum Gasteiger partial charge on any atom is 0.170 e. The summed E-state index contributed by atoms with van der Waals surface area (Å²) in [5, 5.41) is 21.4. The van der Waals surface area contributed by atoms with E-state index < -0.39 is 11.7 Å². The number of morpholine rings is 1. The maximum atomic E-state index is 10.9. The Bertz CT molecular complexity index is 1090. The molecule has 0 amide bonds. The van der Waals surface area contributed by atoms with Gasteiger partial charge >= 0.3 is 0 Å². The van der Waals surface area contributed by atoms with Gasteiger partial charge in [-0.2, -0.15) is 0 Å². The topological polar surface area (TPSA) is 80.6 Å². The average Bonchev–Trinajstić information content (AvgIpc) is 3.63. The first-order chi connectivity index (χ1) is 21.9. The van der Waals surface area contributed by atoms with Gasteiger partial charge in [-0.3, -0.25) is 4.90 Å². The number of hydrogen-bond donors (Lipinski definition) is 2. The van der Waals surface area contributed by atoms with Gasteiger partial charge in [0.15, 0.2) is 6.29 Å². The minimum absolute atomic E-state index is 0.106. The monoisotopic (exact) mass is 645 g/mol. The Morgan fingerprint density at radius 1 is 0.848 bits per heavy atom. The summed E-state index contributed by atoms with van der Waals surface area (Å²) in [6.07, 6.45) is 14.1. The lowest BCUT2D eigenvalue weighted by atomic mass is 9.46. The van der Waals surface area contributed by atoms with E-state index in [-0.39, 0.29) is 30.0 Å². The first kappa shape index (κ1) is 34.2. The summed E-state index contributed by atoms with van der Waals surface area (Å²) in [5.41, 5.74) is 0.398. The molecular weight excluding hydrogens is 578 g/mol. The molecule has 0 aromatic heterocycles. The van der Waals surface area contributed by atoms with Crippen LogP contribution in [0.4, 0.5) is 0 Å². The molecule has 8 aliphatic rings. The molecule has 8 rings (SSSR count). The third-order valence-electron chi connectivity index (χ3n) is 15.7. The van der Waals surface area contributed by atoms with E-state index in [1.165, 1.54) is 44.9 Å². The number of fused-ring (bicyclic) bond motifs is 4. The minimum atomic E-state index is -1.13. The van der Waals surface area contributed by atoms with Crippen LogP contribution in [-0.2, 0) is 18.9 Å². The van der Waals surface area contributed by atoms with Crippen LogP contribution in [0.2, 0.25) is 0 Å². The van der Waals surface area contributed by atoms with Crippen LogP contribution < -0.4 is 0 Å². The van der Waals surface area contributed by atoms with Gasteiger partial charge in [0, 0.05) is 32.3 Å². The fourth-order valence-corrected chi connectivity index (χ4v) is 13.5. The molecular formula is C39H67NO6. The number of nitrogens with zero attached hydrogens (tertiary/aromatic N) is 1. The first-order valence-corrected chi connectivity index (χ1v) is 19.5. The van der Waals surface area contributed by atoms with Gasteiger partial charge in [0.1, 0.15) is 6.10 Å². The van der Waals surface area contributed by atoms with Crippen LogP contribution in [0.3, 0.4) is 0 Å². The van der Waals surface area contributed by atoms with E-state index in [1.54, 1.807) is 13.8 Å². The van der Waals surface area contributed by atoms with Gasteiger partial charge < -0.3 is 29.2 Å².